The van der Waals surface area contributed by atoms with E-state index in [2.05, 4.69) is 9.72 Å². The number of anilines is 1. The van der Waals surface area contributed by atoms with E-state index in [1.807, 2.05) is 0 Å². The Bertz CT molecular complexity index is 488. The molecular weight excluding hydrogens is 275 g/mol. The molecule has 0 saturated heterocycles. The number of rotatable bonds is 3. The lowest BCUT2D eigenvalue weighted by atomic mass is 10.1. The fourth-order valence-corrected chi connectivity index (χ4v) is 1.39. The van der Waals surface area contributed by atoms with Crippen LogP contribution in [-0.4, -0.2) is 18.1 Å². The maximum atomic E-state index is 12.6. The van der Waals surface area contributed by atoms with Crippen molar-refractivity contribution in [1.82, 2.24) is 4.98 Å². The van der Waals surface area contributed by atoms with Gasteiger partial charge in [0, 0.05) is 5.69 Å². The van der Waals surface area contributed by atoms with Crippen molar-refractivity contribution in [2.75, 3.05) is 12.8 Å². The fraction of sp³-hybridized carbons (Fsp3) is 0.400. The molecule has 9 heteroatoms. The predicted molar refractivity (Wildman–Crippen MR) is 54.3 cm³/mol. The zero-order valence-corrected chi connectivity index (χ0v) is 9.59. The number of ether oxygens (including phenoxy) is 1. The average Bonchev–Trinajstić information content (AvgIpc) is 2.26. The second-order valence-corrected chi connectivity index (χ2v) is 3.52. The van der Waals surface area contributed by atoms with Gasteiger partial charge in [0.05, 0.1) is 24.8 Å². The molecule has 0 unspecified atom stereocenters. The summed E-state index contributed by atoms with van der Waals surface area (Å²) in [5, 5.41) is 0. The topological polar surface area (TPSA) is 65.2 Å². The van der Waals surface area contributed by atoms with Gasteiger partial charge in [0.2, 0.25) is 0 Å². The molecule has 0 amide bonds. The van der Waals surface area contributed by atoms with Gasteiger partial charge in [-0.3, -0.25) is 4.79 Å². The molecule has 0 fully saturated rings. The summed E-state index contributed by atoms with van der Waals surface area (Å²) in [5.74, 6) is -0.857. The minimum absolute atomic E-state index is 0.388. The van der Waals surface area contributed by atoms with Gasteiger partial charge in [-0.2, -0.15) is 13.2 Å². The third-order valence-corrected chi connectivity index (χ3v) is 2.18. The predicted octanol–water partition coefficient (Wildman–Crippen LogP) is 2.34. The van der Waals surface area contributed by atoms with Crippen molar-refractivity contribution in [3.63, 3.8) is 0 Å². The van der Waals surface area contributed by atoms with E-state index in [1.54, 1.807) is 0 Å². The van der Waals surface area contributed by atoms with Crippen LogP contribution in [0.5, 0.6) is 0 Å². The Labute approximate surface area is 104 Å². The van der Waals surface area contributed by atoms with E-state index < -0.39 is 41.9 Å². The number of halogens is 5. The number of nitrogen functional groups attached to an aromatic ring is 1. The Morgan fingerprint density at radius 3 is 2.47 bits per heavy atom. The van der Waals surface area contributed by atoms with Crippen molar-refractivity contribution in [2.24, 2.45) is 0 Å². The number of methoxy groups -OCH3 is 1. The number of pyridine rings is 1. The van der Waals surface area contributed by atoms with E-state index in [0.717, 1.165) is 13.2 Å². The van der Waals surface area contributed by atoms with E-state index in [4.69, 9.17) is 5.73 Å². The first-order valence-corrected chi connectivity index (χ1v) is 4.88. The summed E-state index contributed by atoms with van der Waals surface area (Å²) < 4.78 is 67.2. The largest absolute Gasteiger partial charge is 0.469 e. The highest BCUT2D eigenvalue weighted by atomic mass is 19.4. The molecule has 0 atom stereocenters. The van der Waals surface area contributed by atoms with Crippen LogP contribution in [0.1, 0.15) is 23.4 Å². The van der Waals surface area contributed by atoms with Crippen molar-refractivity contribution in [1.29, 1.82) is 0 Å². The number of esters is 1. The molecule has 0 aliphatic heterocycles. The van der Waals surface area contributed by atoms with Crippen molar-refractivity contribution in [3.05, 3.63) is 23.0 Å². The van der Waals surface area contributed by atoms with Crippen molar-refractivity contribution in [3.8, 4) is 0 Å². The Morgan fingerprint density at radius 1 is 1.47 bits per heavy atom. The average molecular weight is 284 g/mol. The van der Waals surface area contributed by atoms with E-state index >= 15 is 0 Å². The minimum atomic E-state index is -5.09. The number of alkyl halides is 5. The van der Waals surface area contributed by atoms with Gasteiger partial charge >= 0.3 is 12.1 Å². The first-order valence-electron chi connectivity index (χ1n) is 4.88. The summed E-state index contributed by atoms with van der Waals surface area (Å²) in [4.78, 5) is 14.0. The van der Waals surface area contributed by atoms with E-state index in [0.29, 0.717) is 0 Å². The monoisotopic (exact) mass is 284 g/mol. The number of carbonyl (C=O) groups is 1. The van der Waals surface area contributed by atoms with E-state index in [-0.39, 0.29) is 5.69 Å². The normalized spacial score (nSPS) is 11.7. The van der Waals surface area contributed by atoms with Gasteiger partial charge in [-0.05, 0) is 6.07 Å². The van der Waals surface area contributed by atoms with Crippen LogP contribution >= 0.6 is 0 Å². The quantitative estimate of drug-likeness (QED) is 0.683. The zero-order valence-electron chi connectivity index (χ0n) is 9.59. The van der Waals surface area contributed by atoms with Gasteiger partial charge in [-0.25, -0.2) is 13.8 Å². The molecule has 0 saturated carbocycles. The molecule has 2 N–H and O–H groups in total. The van der Waals surface area contributed by atoms with Crippen LogP contribution in [0.3, 0.4) is 0 Å². The number of carbonyl (C=O) groups excluding carboxylic acids is 1. The third kappa shape index (κ3) is 3.52. The van der Waals surface area contributed by atoms with Crippen LogP contribution < -0.4 is 5.73 Å². The number of nitrogens with zero attached hydrogens (tertiary/aromatic N) is 1. The van der Waals surface area contributed by atoms with Gasteiger partial charge in [0.15, 0.2) is 5.69 Å². The summed E-state index contributed by atoms with van der Waals surface area (Å²) in [6.45, 7) is 0. The SMILES string of the molecule is COC(=O)Cc1cc(N)c(C(F)F)c(C(F)(F)F)n1. The summed E-state index contributed by atoms with van der Waals surface area (Å²) in [6, 6.07) is 0.799. The van der Waals surface area contributed by atoms with Crippen LogP contribution in [0.2, 0.25) is 0 Å². The second-order valence-electron chi connectivity index (χ2n) is 3.52. The Hall–Kier alpha value is -1.93. The smallest absolute Gasteiger partial charge is 0.433 e. The molecule has 1 aromatic heterocycles. The molecule has 0 spiro atoms. The highest BCUT2D eigenvalue weighted by molar-refractivity contribution is 5.72. The molecule has 0 bridgehead atoms. The van der Waals surface area contributed by atoms with Gasteiger partial charge in [-0.15, -0.1) is 0 Å². The molecule has 0 aliphatic carbocycles. The minimum Gasteiger partial charge on any atom is -0.469 e. The Morgan fingerprint density at radius 2 is 2.05 bits per heavy atom. The lowest BCUT2D eigenvalue weighted by Crippen LogP contribution is -2.17. The van der Waals surface area contributed by atoms with Crippen LogP contribution in [0.4, 0.5) is 27.6 Å². The summed E-state index contributed by atoms with van der Waals surface area (Å²) in [7, 11) is 1.03. The van der Waals surface area contributed by atoms with Crippen LogP contribution in [0, 0.1) is 0 Å². The van der Waals surface area contributed by atoms with Crippen molar-refractivity contribution >= 4 is 11.7 Å². The van der Waals surface area contributed by atoms with Crippen LogP contribution in [0.15, 0.2) is 6.07 Å². The molecule has 4 nitrogen and oxygen atoms in total. The third-order valence-electron chi connectivity index (χ3n) is 2.18. The van der Waals surface area contributed by atoms with E-state index in [9.17, 15) is 26.7 Å². The van der Waals surface area contributed by atoms with Gasteiger partial charge in [-0.1, -0.05) is 0 Å². The molecule has 106 valence electrons. The maximum Gasteiger partial charge on any atom is 0.433 e. The Kier molecular flexibility index (Phi) is 4.28. The first-order chi connectivity index (χ1) is 8.66. The van der Waals surface area contributed by atoms with Crippen molar-refractivity contribution < 1.29 is 31.5 Å². The fourth-order valence-electron chi connectivity index (χ4n) is 1.39. The molecule has 1 heterocycles. The standard InChI is InChI=1S/C10H9F5N2O2/c1-19-6(18)3-4-2-5(16)7(9(11)12)8(17-4)10(13,14)15/h2,9H,3H2,1H3,(H2,16,17). The number of nitrogens with two attached hydrogens (primary N) is 1. The second kappa shape index (κ2) is 5.37. The number of hydrogen-bond acceptors (Lipinski definition) is 4. The summed E-state index contributed by atoms with van der Waals surface area (Å²) in [5.41, 5.74) is 0.831. The highest BCUT2D eigenvalue weighted by Crippen LogP contribution is 2.38. The van der Waals surface area contributed by atoms with Crippen LogP contribution in [0.25, 0.3) is 0 Å². The van der Waals surface area contributed by atoms with Gasteiger partial charge < -0.3 is 10.5 Å². The van der Waals surface area contributed by atoms with Crippen molar-refractivity contribution in [2.45, 2.75) is 19.0 Å². The lowest BCUT2D eigenvalue weighted by Gasteiger charge is -2.15. The molecular formula is C10H9F5N2O2. The van der Waals surface area contributed by atoms with Gasteiger partial charge in [0.25, 0.3) is 6.43 Å². The van der Waals surface area contributed by atoms with E-state index in [1.165, 1.54) is 0 Å². The summed E-state index contributed by atoms with van der Waals surface area (Å²) >= 11 is 0. The molecule has 1 rings (SSSR count). The lowest BCUT2D eigenvalue weighted by molar-refractivity contribution is -0.144. The van der Waals surface area contributed by atoms with Crippen LogP contribution in [-0.2, 0) is 22.1 Å². The number of hydrogen-bond donors (Lipinski definition) is 1. The molecule has 0 radical (unpaired) electrons. The molecule has 0 aliphatic rings. The molecule has 0 aromatic carbocycles. The Balaban J connectivity index is 3.35. The maximum absolute atomic E-state index is 12.6. The molecule has 1 aromatic rings. The summed E-state index contributed by atoms with van der Waals surface area (Å²) in [6.07, 6.45) is -9.10. The number of aromatic nitrogens is 1. The first kappa shape index (κ1) is 15.1. The zero-order chi connectivity index (χ0) is 14.8. The highest BCUT2D eigenvalue weighted by Gasteiger charge is 2.39. The molecule has 19 heavy (non-hydrogen) atoms. The van der Waals surface area contributed by atoms with Gasteiger partial charge in [0.1, 0.15) is 0 Å².